The zero-order valence-corrected chi connectivity index (χ0v) is 34.0. The molecule has 2 aliphatic rings. The largest absolute Gasteiger partial charge is 0.493 e. The molecule has 1 fully saturated rings. The van der Waals surface area contributed by atoms with E-state index in [1.165, 1.54) is 11.4 Å². The number of aromatic nitrogens is 3. The third-order valence-electron chi connectivity index (χ3n) is 11.4. The van der Waals surface area contributed by atoms with Crippen LogP contribution in [0.25, 0.3) is 32.8 Å². The number of rotatable bonds is 11. The summed E-state index contributed by atoms with van der Waals surface area (Å²) in [6.45, 7) is 8.87. The van der Waals surface area contributed by atoms with Crippen molar-refractivity contribution in [2.75, 3.05) is 62.8 Å². The van der Waals surface area contributed by atoms with Gasteiger partial charge in [0.25, 0.3) is 10.2 Å². The third kappa shape index (κ3) is 7.78. The Bertz CT molecular complexity index is 2520. The summed E-state index contributed by atoms with van der Waals surface area (Å²) in [5, 5.41) is 8.24. The molecule has 13 heteroatoms. The first-order valence-corrected chi connectivity index (χ1v) is 21.4. The molecule has 0 radical (unpaired) electrons. The highest BCUT2D eigenvalue weighted by atomic mass is 32.2. The van der Waals surface area contributed by atoms with Crippen molar-refractivity contribution in [3.63, 3.8) is 0 Å². The SMILES string of the molecule is C.CCOC(=O)c1c(CCCOc2cccc3ccccc23)c2cccc3c2n1CCCN(c1ccc(N2CCN(S(=O)(=O)NC)CC2)cc1)Cc1c-3c(C)nn1C. The summed E-state index contributed by atoms with van der Waals surface area (Å²) in [4.78, 5) is 18.6. The van der Waals surface area contributed by atoms with Crippen molar-refractivity contribution in [1.82, 2.24) is 23.4 Å². The quantitative estimate of drug-likeness (QED) is 0.107. The van der Waals surface area contributed by atoms with Crippen LogP contribution in [0.5, 0.6) is 5.75 Å². The summed E-state index contributed by atoms with van der Waals surface area (Å²) in [6.07, 6.45) is 2.18. The number of hydrogen-bond donors (Lipinski definition) is 1. The summed E-state index contributed by atoms with van der Waals surface area (Å²) >= 11 is 0. The molecule has 4 aromatic carbocycles. The van der Waals surface area contributed by atoms with Crippen molar-refractivity contribution in [2.45, 2.75) is 53.6 Å². The van der Waals surface area contributed by atoms with E-state index in [1.54, 1.807) is 0 Å². The predicted octanol–water partition coefficient (Wildman–Crippen LogP) is 7.32. The summed E-state index contributed by atoms with van der Waals surface area (Å²) in [7, 11) is 0.0234. The van der Waals surface area contributed by atoms with E-state index >= 15 is 0 Å². The Morgan fingerprint density at radius 1 is 0.845 bits per heavy atom. The highest BCUT2D eigenvalue weighted by Gasteiger charge is 2.30. The Labute approximate surface area is 342 Å². The fourth-order valence-electron chi connectivity index (χ4n) is 8.67. The van der Waals surface area contributed by atoms with E-state index in [2.05, 4.69) is 86.7 Å². The van der Waals surface area contributed by atoms with Crippen molar-refractivity contribution in [3.05, 3.63) is 108 Å². The Hall–Kier alpha value is -5.37. The zero-order chi connectivity index (χ0) is 39.7. The lowest BCUT2D eigenvalue weighted by Crippen LogP contribution is -2.51. The topological polar surface area (TPSA) is 114 Å². The third-order valence-corrected chi connectivity index (χ3v) is 13.0. The van der Waals surface area contributed by atoms with Crippen LogP contribution in [0.1, 0.15) is 54.6 Å². The number of aryl methyl sites for hydroxylation is 4. The highest BCUT2D eigenvalue weighted by molar-refractivity contribution is 7.87. The molecule has 0 spiro atoms. The molecule has 0 atom stereocenters. The minimum atomic E-state index is -3.44. The first-order chi connectivity index (χ1) is 27.7. The summed E-state index contributed by atoms with van der Waals surface area (Å²) in [6, 6.07) is 29.4. The Morgan fingerprint density at radius 2 is 1.53 bits per heavy atom. The van der Waals surface area contributed by atoms with E-state index in [0.717, 1.165) is 86.3 Å². The molecule has 8 rings (SSSR count). The second-order valence-electron chi connectivity index (χ2n) is 14.7. The highest BCUT2D eigenvalue weighted by Crippen LogP contribution is 2.40. The van der Waals surface area contributed by atoms with Gasteiger partial charge in [-0.1, -0.05) is 62.0 Å². The molecule has 12 nitrogen and oxygen atoms in total. The van der Waals surface area contributed by atoms with Gasteiger partial charge in [0.05, 0.1) is 36.7 Å². The molecule has 306 valence electrons. The summed E-state index contributed by atoms with van der Waals surface area (Å²) in [5.74, 6) is 0.558. The van der Waals surface area contributed by atoms with Gasteiger partial charge in [-0.25, -0.2) is 9.52 Å². The van der Waals surface area contributed by atoms with Crippen LogP contribution in [0.15, 0.2) is 84.9 Å². The molecule has 58 heavy (non-hydrogen) atoms. The van der Waals surface area contributed by atoms with Gasteiger partial charge in [-0.05, 0) is 74.4 Å². The number of fused-ring (bicyclic) bond motifs is 3. The fraction of sp³-hybridized carbons (Fsp3) is 0.378. The monoisotopic (exact) mass is 805 g/mol. The molecule has 2 aliphatic heterocycles. The van der Waals surface area contributed by atoms with Crippen molar-refractivity contribution in [2.24, 2.45) is 7.05 Å². The van der Waals surface area contributed by atoms with Gasteiger partial charge in [-0.3, -0.25) is 4.68 Å². The molecule has 6 aromatic rings. The second-order valence-corrected chi connectivity index (χ2v) is 16.6. The van der Waals surface area contributed by atoms with Crippen LogP contribution in [0, 0.1) is 6.92 Å². The van der Waals surface area contributed by atoms with Crippen LogP contribution in [0.4, 0.5) is 11.4 Å². The van der Waals surface area contributed by atoms with E-state index in [9.17, 15) is 13.2 Å². The molecule has 0 amide bonds. The average Bonchev–Trinajstić information content (AvgIpc) is 3.70. The number of benzene rings is 4. The van der Waals surface area contributed by atoms with Gasteiger partial charge < -0.3 is 23.8 Å². The minimum absolute atomic E-state index is 0. The first-order valence-electron chi connectivity index (χ1n) is 19.9. The van der Waals surface area contributed by atoms with Crippen LogP contribution < -0.4 is 19.3 Å². The maximum absolute atomic E-state index is 14.0. The number of piperazine rings is 1. The standard InChI is InChI=1S/C44H51N7O5S.CH4/c1-5-55-44(52)43-37(17-10-29-56-40-18-8-13-32-12-6-7-14-35(32)40)36-15-9-16-38-41-31(2)46-47(4)39(41)30-49(23-11-24-51(43)42(36)38)34-21-19-33(20-22-34)48-25-27-50(28-26-48)57(53,54)45-3;/h6-9,12-16,18-22,45H,5,10-11,17,23-30H2,1-4H3;1H4. The molecule has 0 saturated carbocycles. The molecule has 0 unspecified atom stereocenters. The van der Waals surface area contributed by atoms with E-state index in [1.807, 2.05) is 42.9 Å². The van der Waals surface area contributed by atoms with E-state index in [-0.39, 0.29) is 20.0 Å². The lowest BCUT2D eigenvalue weighted by atomic mass is 9.97. The Balaban J connectivity index is 0.00000512. The smallest absolute Gasteiger partial charge is 0.355 e. The lowest BCUT2D eigenvalue weighted by Gasteiger charge is -2.35. The van der Waals surface area contributed by atoms with Crippen LogP contribution in [0.2, 0.25) is 0 Å². The molecule has 1 N–H and O–H groups in total. The summed E-state index contributed by atoms with van der Waals surface area (Å²) in [5.41, 5.74) is 8.99. The van der Waals surface area contributed by atoms with Gasteiger partial charge in [0.15, 0.2) is 0 Å². The molecule has 1 saturated heterocycles. The molecule has 0 aliphatic carbocycles. The Kier molecular flexibility index (Phi) is 12.1. The number of ether oxygens (including phenoxy) is 2. The molecule has 4 heterocycles. The molecular formula is C45H55N7O5S. The number of hydrogen-bond acceptors (Lipinski definition) is 8. The van der Waals surface area contributed by atoms with E-state index < -0.39 is 10.2 Å². The van der Waals surface area contributed by atoms with Crippen LogP contribution in [-0.2, 0) is 41.5 Å². The number of carbonyl (C=O) groups excluding carboxylic acids is 1. The lowest BCUT2D eigenvalue weighted by molar-refractivity contribution is 0.0512. The Morgan fingerprint density at radius 3 is 2.28 bits per heavy atom. The van der Waals surface area contributed by atoms with Crippen molar-refractivity contribution < 1.29 is 22.7 Å². The maximum Gasteiger partial charge on any atom is 0.355 e. The maximum atomic E-state index is 14.0. The van der Waals surface area contributed by atoms with Crippen molar-refractivity contribution in [1.29, 1.82) is 0 Å². The van der Waals surface area contributed by atoms with Gasteiger partial charge >= 0.3 is 5.97 Å². The van der Waals surface area contributed by atoms with Crippen LogP contribution in [-0.4, -0.2) is 86.0 Å². The van der Waals surface area contributed by atoms with Crippen molar-refractivity contribution in [3.8, 4) is 16.9 Å². The number of esters is 1. The van der Waals surface area contributed by atoms with Crippen molar-refractivity contribution >= 4 is 49.2 Å². The normalized spacial score (nSPS) is 15.0. The zero-order valence-electron chi connectivity index (χ0n) is 33.2. The van der Waals surface area contributed by atoms with Crippen LogP contribution >= 0.6 is 0 Å². The molecule has 2 aromatic heterocycles. The molecule has 0 bridgehead atoms. The number of para-hydroxylation sites is 1. The van der Waals surface area contributed by atoms with Crippen LogP contribution in [0.3, 0.4) is 0 Å². The van der Waals surface area contributed by atoms with Gasteiger partial charge in [0.1, 0.15) is 11.4 Å². The fourth-order valence-corrected chi connectivity index (χ4v) is 9.57. The van der Waals surface area contributed by atoms with Gasteiger partial charge in [0, 0.05) is 86.6 Å². The second kappa shape index (κ2) is 17.2. The number of nitrogens with one attached hydrogen (secondary N) is 1. The predicted molar refractivity (Wildman–Crippen MR) is 233 cm³/mol. The van der Waals surface area contributed by atoms with Gasteiger partial charge in [-0.2, -0.15) is 17.8 Å². The molecular weight excluding hydrogens is 751 g/mol. The average molecular weight is 806 g/mol. The van der Waals surface area contributed by atoms with Gasteiger partial charge in [0.2, 0.25) is 0 Å². The first kappa shape index (κ1) is 40.8. The van der Waals surface area contributed by atoms with Gasteiger partial charge in [-0.15, -0.1) is 0 Å². The number of nitrogens with zero attached hydrogens (tertiary/aromatic N) is 6. The van der Waals surface area contributed by atoms with E-state index in [4.69, 9.17) is 14.6 Å². The van der Waals surface area contributed by atoms with E-state index in [0.29, 0.717) is 58.0 Å². The number of carbonyl (C=O) groups is 1. The minimum Gasteiger partial charge on any atom is -0.493 e. The number of anilines is 2. The summed E-state index contributed by atoms with van der Waals surface area (Å²) < 4.78 is 44.9.